The number of hydrogen-bond acceptors (Lipinski definition) is 3. The molecule has 0 aromatic heterocycles. The largest absolute Gasteiger partial charge is 0.366 e. The van der Waals surface area contributed by atoms with Crippen LogP contribution in [0.15, 0.2) is 41.4 Å². The average molecular weight is 360 g/mol. The Bertz CT molecular complexity index is 885. The zero-order valence-corrected chi connectivity index (χ0v) is 17.1. The normalized spacial score (nSPS) is 18.4. The van der Waals surface area contributed by atoms with Crippen LogP contribution in [-0.2, 0) is 0 Å². The van der Waals surface area contributed by atoms with Crippen molar-refractivity contribution in [3.63, 3.8) is 0 Å². The number of aliphatic imine (C=N–C) groups is 1. The van der Waals surface area contributed by atoms with Crippen molar-refractivity contribution in [2.45, 2.75) is 58.9 Å². The van der Waals surface area contributed by atoms with Gasteiger partial charge in [0, 0.05) is 24.0 Å². The molecule has 3 heteroatoms. The summed E-state index contributed by atoms with van der Waals surface area (Å²) in [5.74, 6) is 0.533. The minimum absolute atomic E-state index is 0.187. The average Bonchev–Trinajstić information content (AvgIpc) is 2.64. The summed E-state index contributed by atoms with van der Waals surface area (Å²) in [4.78, 5) is 7.20. The van der Waals surface area contributed by atoms with Crippen molar-refractivity contribution < 1.29 is 0 Å². The van der Waals surface area contributed by atoms with Crippen LogP contribution in [0, 0.1) is 18.3 Å². The molecular weight excluding hydrogens is 330 g/mol. The third kappa shape index (κ3) is 3.90. The molecule has 1 heterocycles. The summed E-state index contributed by atoms with van der Waals surface area (Å²) in [5, 5.41) is 8.91. The summed E-state index contributed by atoms with van der Waals surface area (Å²) in [6.45, 7) is 12.6. The van der Waals surface area contributed by atoms with Crippen molar-refractivity contribution in [1.29, 1.82) is 5.26 Å². The Hall–Kier alpha value is -2.60. The van der Waals surface area contributed by atoms with Gasteiger partial charge in [0.1, 0.15) is 0 Å². The van der Waals surface area contributed by atoms with E-state index in [0.29, 0.717) is 11.5 Å². The van der Waals surface area contributed by atoms with E-state index in [0.717, 1.165) is 25.1 Å². The van der Waals surface area contributed by atoms with E-state index in [1.165, 1.54) is 22.4 Å². The number of rotatable bonds is 4. The fourth-order valence-corrected chi connectivity index (χ4v) is 4.20. The van der Waals surface area contributed by atoms with E-state index in [4.69, 9.17) is 5.26 Å². The first-order valence-electron chi connectivity index (χ1n) is 9.82. The molecule has 2 aromatic rings. The van der Waals surface area contributed by atoms with Crippen molar-refractivity contribution in [2.75, 3.05) is 11.4 Å². The molecule has 0 fully saturated rings. The maximum Gasteiger partial charge on any atom is 0.0991 e. The summed E-state index contributed by atoms with van der Waals surface area (Å²) >= 11 is 0. The number of hydrogen-bond donors (Lipinski definition) is 0. The van der Waals surface area contributed by atoms with Crippen LogP contribution in [-0.4, -0.2) is 18.3 Å². The van der Waals surface area contributed by atoms with Crippen molar-refractivity contribution in [2.24, 2.45) is 4.99 Å². The fraction of sp³-hybridized carbons (Fsp3) is 0.417. The van der Waals surface area contributed by atoms with Gasteiger partial charge in [-0.3, -0.25) is 4.99 Å². The highest BCUT2D eigenvalue weighted by Crippen LogP contribution is 2.44. The first kappa shape index (κ1) is 19.2. The minimum atomic E-state index is 0.187. The molecule has 3 rings (SSSR count). The van der Waals surface area contributed by atoms with Gasteiger partial charge in [0.05, 0.1) is 17.3 Å². The lowest BCUT2D eigenvalue weighted by molar-refractivity contribution is 0.376. The first-order valence-corrected chi connectivity index (χ1v) is 9.82. The molecule has 0 saturated carbocycles. The van der Waals surface area contributed by atoms with Crippen LogP contribution in [0.3, 0.4) is 0 Å². The zero-order valence-electron chi connectivity index (χ0n) is 17.1. The molecule has 0 aliphatic carbocycles. The predicted octanol–water partition coefficient (Wildman–Crippen LogP) is 6.12. The lowest BCUT2D eigenvalue weighted by atomic mass is 9.79. The SMILES string of the molecule is CCCN1c2cc(C)c(C=Nc3ccc(C#N)cc3)cc2C(C)CC1(C)C. The standard InChI is InChI=1S/C24H29N3/c1-6-11-27-23-12-17(2)20(13-22(23)18(3)14-24(27,4)5)16-26-21-9-7-19(15-25)8-10-21/h7-10,12-13,16,18H,6,11,14H2,1-5H3. The molecule has 0 spiro atoms. The second-order valence-corrected chi connectivity index (χ2v) is 8.25. The van der Waals surface area contributed by atoms with Crippen molar-refractivity contribution in [3.05, 3.63) is 58.7 Å². The topological polar surface area (TPSA) is 39.4 Å². The second-order valence-electron chi connectivity index (χ2n) is 8.25. The van der Waals surface area contributed by atoms with Gasteiger partial charge in [-0.2, -0.15) is 5.26 Å². The molecule has 0 radical (unpaired) electrons. The van der Waals surface area contributed by atoms with Gasteiger partial charge in [-0.15, -0.1) is 0 Å². The molecular formula is C24H29N3. The smallest absolute Gasteiger partial charge is 0.0991 e. The lowest BCUT2D eigenvalue weighted by Gasteiger charge is -2.48. The summed E-state index contributed by atoms with van der Waals surface area (Å²) in [5.41, 5.74) is 6.94. The van der Waals surface area contributed by atoms with Gasteiger partial charge in [-0.05, 0) is 92.6 Å². The highest BCUT2D eigenvalue weighted by Gasteiger charge is 2.36. The fourth-order valence-electron chi connectivity index (χ4n) is 4.20. The molecule has 3 nitrogen and oxygen atoms in total. The van der Waals surface area contributed by atoms with Crippen molar-refractivity contribution in [3.8, 4) is 6.07 Å². The molecule has 0 amide bonds. The third-order valence-electron chi connectivity index (χ3n) is 5.57. The van der Waals surface area contributed by atoms with Gasteiger partial charge in [-0.25, -0.2) is 0 Å². The van der Waals surface area contributed by atoms with E-state index in [-0.39, 0.29) is 5.54 Å². The van der Waals surface area contributed by atoms with E-state index in [9.17, 15) is 0 Å². The maximum absolute atomic E-state index is 8.91. The van der Waals surface area contributed by atoms with E-state index in [1.807, 2.05) is 18.3 Å². The summed E-state index contributed by atoms with van der Waals surface area (Å²) in [6.07, 6.45) is 4.26. The minimum Gasteiger partial charge on any atom is -0.366 e. The van der Waals surface area contributed by atoms with Crippen LogP contribution in [0.4, 0.5) is 11.4 Å². The summed E-state index contributed by atoms with van der Waals surface area (Å²) in [6, 6.07) is 14.2. The molecule has 27 heavy (non-hydrogen) atoms. The Morgan fingerprint density at radius 3 is 2.59 bits per heavy atom. The monoisotopic (exact) mass is 359 g/mol. The number of nitrogens with zero attached hydrogens (tertiary/aromatic N) is 3. The Labute approximate surface area is 163 Å². The van der Waals surface area contributed by atoms with Crippen LogP contribution in [0.2, 0.25) is 0 Å². The number of anilines is 1. The van der Waals surface area contributed by atoms with Crippen molar-refractivity contribution >= 4 is 17.6 Å². The summed E-state index contributed by atoms with van der Waals surface area (Å²) < 4.78 is 0. The molecule has 0 N–H and O–H groups in total. The number of aryl methyl sites for hydroxylation is 1. The van der Waals surface area contributed by atoms with Crippen LogP contribution >= 0.6 is 0 Å². The molecule has 1 aliphatic rings. The number of benzene rings is 2. The highest BCUT2D eigenvalue weighted by atomic mass is 15.2. The molecule has 1 atom stereocenters. The van der Waals surface area contributed by atoms with Gasteiger partial charge >= 0.3 is 0 Å². The van der Waals surface area contributed by atoms with Gasteiger partial charge in [0.25, 0.3) is 0 Å². The lowest BCUT2D eigenvalue weighted by Crippen LogP contribution is -2.48. The van der Waals surface area contributed by atoms with E-state index in [1.54, 1.807) is 12.1 Å². The highest BCUT2D eigenvalue weighted by molar-refractivity contribution is 5.86. The van der Waals surface area contributed by atoms with Gasteiger partial charge < -0.3 is 4.90 Å². The summed E-state index contributed by atoms with van der Waals surface area (Å²) in [7, 11) is 0. The Morgan fingerprint density at radius 1 is 1.26 bits per heavy atom. The molecule has 140 valence electrons. The van der Waals surface area contributed by atoms with Crippen LogP contribution < -0.4 is 4.90 Å². The third-order valence-corrected chi connectivity index (χ3v) is 5.57. The quantitative estimate of drug-likeness (QED) is 0.617. The van der Waals surface area contributed by atoms with Crippen LogP contribution in [0.1, 0.15) is 68.7 Å². The number of nitriles is 1. The first-order chi connectivity index (χ1) is 12.9. The molecule has 0 saturated heterocycles. The van der Waals surface area contributed by atoms with Crippen molar-refractivity contribution in [1.82, 2.24) is 0 Å². The second kappa shape index (κ2) is 7.56. The molecule has 1 unspecified atom stereocenters. The molecule has 2 aromatic carbocycles. The van der Waals surface area contributed by atoms with E-state index in [2.05, 4.69) is 62.7 Å². The Morgan fingerprint density at radius 2 is 1.96 bits per heavy atom. The molecule has 1 aliphatic heterocycles. The van der Waals surface area contributed by atoms with Gasteiger partial charge in [0.2, 0.25) is 0 Å². The maximum atomic E-state index is 8.91. The van der Waals surface area contributed by atoms with Gasteiger partial charge in [-0.1, -0.05) is 13.8 Å². The van der Waals surface area contributed by atoms with Crippen LogP contribution in [0.25, 0.3) is 0 Å². The number of fused-ring (bicyclic) bond motifs is 1. The van der Waals surface area contributed by atoms with E-state index >= 15 is 0 Å². The van der Waals surface area contributed by atoms with Crippen LogP contribution in [0.5, 0.6) is 0 Å². The van der Waals surface area contributed by atoms with E-state index < -0.39 is 0 Å². The van der Waals surface area contributed by atoms with Gasteiger partial charge in [0.15, 0.2) is 0 Å². The predicted molar refractivity (Wildman–Crippen MR) is 114 cm³/mol. The Balaban J connectivity index is 1.96. The zero-order chi connectivity index (χ0) is 19.6. The molecule has 0 bridgehead atoms. The Kier molecular flexibility index (Phi) is 5.37.